The molecular formula is C20H24N2O3. The summed E-state index contributed by atoms with van der Waals surface area (Å²) < 4.78 is 0. The quantitative estimate of drug-likeness (QED) is 0.795. The Balaban J connectivity index is 1.43. The number of benzene rings is 1. The molecule has 1 aromatic rings. The van der Waals surface area contributed by atoms with Crippen LogP contribution in [0.4, 0.5) is 5.69 Å². The number of aryl methyl sites for hydroxylation is 1. The molecule has 5 nitrogen and oxygen atoms in total. The number of carbonyl (C=O) groups excluding carboxylic acids is 3. The second-order valence-electron chi connectivity index (χ2n) is 7.35. The Hall–Kier alpha value is -2.17. The number of imide groups is 1. The predicted molar refractivity (Wildman–Crippen MR) is 93.9 cm³/mol. The van der Waals surface area contributed by atoms with Crippen molar-refractivity contribution in [1.29, 1.82) is 0 Å². The second-order valence-corrected chi connectivity index (χ2v) is 7.35. The first-order chi connectivity index (χ1) is 12.2. The summed E-state index contributed by atoms with van der Waals surface area (Å²) in [6.07, 6.45) is 5.85. The van der Waals surface area contributed by atoms with Crippen LogP contribution in [-0.2, 0) is 20.8 Å². The number of rotatable bonds is 3. The lowest BCUT2D eigenvalue weighted by atomic mass is 9.81. The minimum Gasteiger partial charge on any atom is -0.312 e. The molecule has 0 spiro atoms. The van der Waals surface area contributed by atoms with Crippen LogP contribution in [0.3, 0.4) is 0 Å². The minimum atomic E-state index is -0.132. The maximum atomic E-state index is 12.7. The Labute approximate surface area is 148 Å². The average Bonchev–Trinajstić information content (AvgIpc) is 2.90. The Bertz CT molecular complexity index is 691. The molecule has 2 aliphatic heterocycles. The molecule has 1 aromatic carbocycles. The maximum absolute atomic E-state index is 12.7. The van der Waals surface area contributed by atoms with E-state index in [-0.39, 0.29) is 42.5 Å². The van der Waals surface area contributed by atoms with Gasteiger partial charge >= 0.3 is 0 Å². The largest absolute Gasteiger partial charge is 0.312 e. The summed E-state index contributed by atoms with van der Waals surface area (Å²) >= 11 is 0. The van der Waals surface area contributed by atoms with Crippen molar-refractivity contribution in [1.82, 2.24) is 4.90 Å². The highest BCUT2D eigenvalue weighted by atomic mass is 16.2. The summed E-state index contributed by atoms with van der Waals surface area (Å²) in [5.41, 5.74) is 2.17. The lowest BCUT2D eigenvalue weighted by molar-refractivity contribution is -0.140. The Morgan fingerprint density at radius 1 is 1.00 bits per heavy atom. The third kappa shape index (κ3) is 2.86. The normalized spacial score (nSPS) is 25.8. The number of likely N-dealkylation sites (tertiary alicyclic amines) is 1. The van der Waals surface area contributed by atoms with Gasteiger partial charge in [0.15, 0.2) is 0 Å². The summed E-state index contributed by atoms with van der Waals surface area (Å²) in [6, 6.07) is 7.98. The van der Waals surface area contributed by atoms with Gasteiger partial charge in [0, 0.05) is 25.2 Å². The monoisotopic (exact) mass is 340 g/mol. The summed E-state index contributed by atoms with van der Waals surface area (Å²) in [6.45, 7) is 0.936. The highest BCUT2D eigenvalue weighted by Crippen LogP contribution is 2.38. The fraction of sp³-hybridized carbons (Fsp3) is 0.550. The number of hydrogen-bond acceptors (Lipinski definition) is 3. The van der Waals surface area contributed by atoms with Gasteiger partial charge in [-0.2, -0.15) is 0 Å². The molecule has 2 atom stereocenters. The van der Waals surface area contributed by atoms with Crippen LogP contribution in [0.15, 0.2) is 24.3 Å². The highest BCUT2D eigenvalue weighted by Gasteiger charge is 2.47. The summed E-state index contributed by atoms with van der Waals surface area (Å²) in [4.78, 5) is 40.9. The molecule has 0 radical (unpaired) electrons. The molecule has 0 N–H and O–H groups in total. The Morgan fingerprint density at radius 2 is 1.68 bits per heavy atom. The first-order valence-electron chi connectivity index (χ1n) is 9.40. The molecule has 5 heteroatoms. The van der Waals surface area contributed by atoms with Crippen molar-refractivity contribution in [3.63, 3.8) is 0 Å². The molecule has 0 aromatic heterocycles. The molecule has 4 rings (SSSR count). The molecular weight excluding hydrogens is 316 g/mol. The highest BCUT2D eigenvalue weighted by molar-refractivity contribution is 6.05. The van der Waals surface area contributed by atoms with Gasteiger partial charge in [0.25, 0.3) is 0 Å². The van der Waals surface area contributed by atoms with E-state index in [0.29, 0.717) is 6.54 Å². The molecule has 3 amide bonds. The number of amides is 3. The van der Waals surface area contributed by atoms with E-state index in [0.717, 1.165) is 44.2 Å². The van der Waals surface area contributed by atoms with E-state index in [2.05, 4.69) is 6.07 Å². The second kappa shape index (κ2) is 6.62. The SMILES string of the molecule is O=C1C2CCCCC2C(=O)N1CCC(=O)N1CCCc2ccccc21. The van der Waals surface area contributed by atoms with Crippen LogP contribution in [0.5, 0.6) is 0 Å². The van der Waals surface area contributed by atoms with E-state index in [1.54, 1.807) is 0 Å². The van der Waals surface area contributed by atoms with E-state index >= 15 is 0 Å². The van der Waals surface area contributed by atoms with Crippen LogP contribution < -0.4 is 4.90 Å². The standard InChI is InChI=1S/C20H24N2O3/c23-18(21-12-5-7-14-6-1-4-10-17(14)21)11-13-22-19(24)15-8-2-3-9-16(15)20(22)25/h1,4,6,10,15-16H,2-3,5,7-9,11-13H2. The zero-order chi connectivity index (χ0) is 17.4. The third-order valence-corrected chi connectivity index (χ3v) is 5.89. The zero-order valence-electron chi connectivity index (χ0n) is 14.4. The van der Waals surface area contributed by atoms with Gasteiger partial charge in [-0.1, -0.05) is 31.0 Å². The fourth-order valence-corrected chi connectivity index (χ4v) is 4.59. The van der Waals surface area contributed by atoms with Gasteiger partial charge in [-0.15, -0.1) is 0 Å². The lowest BCUT2D eigenvalue weighted by Gasteiger charge is -2.30. The molecule has 1 saturated heterocycles. The van der Waals surface area contributed by atoms with Gasteiger partial charge in [-0.25, -0.2) is 0 Å². The molecule has 25 heavy (non-hydrogen) atoms. The predicted octanol–water partition coefficient (Wildman–Crippen LogP) is 2.53. The van der Waals surface area contributed by atoms with Crippen molar-refractivity contribution in [2.75, 3.05) is 18.0 Å². The van der Waals surface area contributed by atoms with E-state index in [9.17, 15) is 14.4 Å². The van der Waals surface area contributed by atoms with Gasteiger partial charge < -0.3 is 4.90 Å². The van der Waals surface area contributed by atoms with Gasteiger partial charge in [0.1, 0.15) is 0 Å². The van der Waals surface area contributed by atoms with Crippen molar-refractivity contribution in [3.8, 4) is 0 Å². The number of anilines is 1. The van der Waals surface area contributed by atoms with Gasteiger partial charge in [-0.05, 0) is 37.3 Å². The van der Waals surface area contributed by atoms with Crippen LogP contribution in [-0.4, -0.2) is 35.7 Å². The summed E-state index contributed by atoms with van der Waals surface area (Å²) in [7, 11) is 0. The first-order valence-corrected chi connectivity index (χ1v) is 9.40. The van der Waals surface area contributed by atoms with Crippen molar-refractivity contribution in [2.45, 2.75) is 44.9 Å². The van der Waals surface area contributed by atoms with E-state index in [1.807, 2.05) is 23.1 Å². The molecule has 2 unspecified atom stereocenters. The average molecular weight is 340 g/mol. The zero-order valence-corrected chi connectivity index (χ0v) is 14.4. The van der Waals surface area contributed by atoms with Crippen molar-refractivity contribution in [2.24, 2.45) is 11.8 Å². The van der Waals surface area contributed by atoms with Crippen LogP contribution in [0.25, 0.3) is 0 Å². The van der Waals surface area contributed by atoms with Gasteiger partial charge in [-0.3, -0.25) is 19.3 Å². The molecule has 1 aliphatic carbocycles. The molecule has 132 valence electrons. The van der Waals surface area contributed by atoms with Gasteiger partial charge in [0.2, 0.25) is 17.7 Å². The number of fused-ring (bicyclic) bond motifs is 2. The van der Waals surface area contributed by atoms with Gasteiger partial charge in [0.05, 0.1) is 11.8 Å². The topological polar surface area (TPSA) is 57.7 Å². The molecule has 0 bridgehead atoms. The van der Waals surface area contributed by atoms with Crippen LogP contribution in [0.1, 0.15) is 44.1 Å². The van der Waals surface area contributed by atoms with Crippen molar-refractivity contribution >= 4 is 23.4 Å². The van der Waals surface area contributed by atoms with Crippen LogP contribution >= 0.6 is 0 Å². The first kappa shape index (κ1) is 16.3. The number of nitrogens with zero attached hydrogens (tertiary/aromatic N) is 2. The number of para-hydroxylation sites is 1. The molecule has 1 saturated carbocycles. The lowest BCUT2D eigenvalue weighted by Crippen LogP contribution is -2.39. The summed E-state index contributed by atoms with van der Waals surface area (Å²) in [5, 5.41) is 0. The Morgan fingerprint density at radius 3 is 2.40 bits per heavy atom. The van der Waals surface area contributed by atoms with Crippen molar-refractivity contribution in [3.05, 3.63) is 29.8 Å². The fourth-order valence-electron chi connectivity index (χ4n) is 4.59. The molecule has 3 aliphatic rings. The van der Waals surface area contributed by atoms with Crippen LogP contribution in [0.2, 0.25) is 0 Å². The third-order valence-electron chi connectivity index (χ3n) is 5.89. The molecule has 2 heterocycles. The maximum Gasteiger partial charge on any atom is 0.233 e. The van der Waals surface area contributed by atoms with E-state index in [1.165, 1.54) is 10.5 Å². The minimum absolute atomic E-state index is 0.00243. The Kier molecular flexibility index (Phi) is 4.32. The van der Waals surface area contributed by atoms with Crippen molar-refractivity contribution < 1.29 is 14.4 Å². The smallest absolute Gasteiger partial charge is 0.233 e. The number of hydrogen-bond donors (Lipinski definition) is 0. The molecule has 2 fully saturated rings. The van der Waals surface area contributed by atoms with E-state index in [4.69, 9.17) is 0 Å². The van der Waals surface area contributed by atoms with E-state index < -0.39 is 0 Å². The van der Waals surface area contributed by atoms with Crippen LogP contribution in [0, 0.1) is 11.8 Å². The number of carbonyl (C=O) groups is 3. The summed E-state index contributed by atoms with van der Waals surface area (Å²) in [5.74, 6) is -0.371.